The Bertz CT molecular complexity index is 193. The van der Waals surface area contributed by atoms with Crippen molar-refractivity contribution in [3.05, 3.63) is 0 Å². The van der Waals surface area contributed by atoms with Gasteiger partial charge < -0.3 is 10.1 Å². The van der Waals surface area contributed by atoms with E-state index in [0.29, 0.717) is 12.3 Å². The molecule has 88 valence electrons. The zero-order valence-electron chi connectivity index (χ0n) is 9.30. The Morgan fingerprint density at radius 1 is 1.67 bits per heavy atom. The molecule has 1 heterocycles. The normalized spacial score (nSPS) is 22.7. The molecule has 1 N–H and O–H groups in total. The summed E-state index contributed by atoms with van der Waals surface area (Å²) in [7, 11) is 0. The maximum absolute atomic E-state index is 11.6. The van der Waals surface area contributed by atoms with E-state index in [1.807, 2.05) is 0 Å². The van der Waals surface area contributed by atoms with Crippen LogP contribution in [0.5, 0.6) is 0 Å². The summed E-state index contributed by atoms with van der Waals surface area (Å²) >= 11 is 5.65. The standard InChI is InChI=1S/C11H20ClNO2/c1-2-9(5-6-12)13-11(14)8-10-4-3-7-15-10/h9-10H,2-8H2,1H3,(H,13,14). The third-order valence-electron chi connectivity index (χ3n) is 2.75. The molecule has 0 aromatic rings. The molecule has 0 aliphatic carbocycles. The molecule has 1 rings (SSSR count). The summed E-state index contributed by atoms with van der Waals surface area (Å²) in [5.41, 5.74) is 0. The number of carbonyl (C=O) groups excluding carboxylic acids is 1. The number of amides is 1. The lowest BCUT2D eigenvalue weighted by atomic mass is 10.1. The van der Waals surface area contributed by atoms with Crippen LogP contribution >= 0.6 is 11.6 Å². The number of ether oxygens (including phenoxy) is 1. The molecule has 2 atom stereocenters. The van der Waals surface area contributed by atoms with Crippen LogP contribution in [0.25, 0.3) is 0 Å². The predicted octanol–water partition coefficient (Wildman–Crippen LogP) is 2.08. The van der Waals surface area contributed by atoms with E-state index in [-0.39, 0.29) is 18.1 Å². The molecule has 1 aliphatic rings. The number of halogens is 1. The van der Waals surface area contributed by atoms with Crippen LogP contribution < -0.4 is 5.32 Å². The van der Waals surface area contributed by atoms with Crippen molar-refractivity contribution in [1.29, 1.82) is 0 Å². The van der Waals surface area contributed by atoms with E-state index in [4.69, 9.17) is 16.3 Å². The Labute approximate surface area is 96.5 Å². The van der Waals surface area contributed by atoms with Gasteiger partial charge >= 0.3 is 0 Å². The Balaban J connectivity index is 2.20. The molecule has 2 unspecified atom stereocenters. The number of nitrogens with one attached hydrogen (secondary N) is 1. The minimum Gasteiger partial charge on any atom is -0.378 e. The van der Waals surface area contributed by atoms with Gasteiger partial charge in [-0.3, -0.25) is 4.79 Å². The van der Waals surface area contributed by atoms with Crippen LogP contribution in [-0.2, 0) is 9.53 Å². The van der Waals surface area contributed by atoms with Crippen LogP contribution in [-0.4, -0.2) is 30.5 Å². The number of hydrogen-bond acceptors (Lipinski definition) is 2. The van der Waals surface area contributed by atoms with Crippen molar-refractivity contribution >= 4 is 17.5 Å². The van der Waals surface area contributed by atoms with E-state index in [2.05, 4.69) is 12.2 Å². The van der Waals surface area contributed by atoms with Crippen LogP contribution in [0.2, 0.25) is 0 Å². The first-order chi connectivity index (χ1) is 7.26. The monoisotopic (exact) mass is 233 g/mol. The Morgan fingerprint density at radius 2 is 2.47 bits per heavy atom. The van der Waals surface area contributed by atoms with Gasteiger partial charge in [0.15, 0.2) is 0 Å². The van der Waals surface area contributed by atoms with Crippen LogP contribution in [0.3, 0.4) is 0 Å². The maximum Gasteiger partial charge on any atom is 0.222 e. The summed E-state index contributed by atoms with van der Waals surface area (Å²) < 4.78 is 5.41. The maximum atomic E-state index is 11.6. The highest BCUT2D eigenvalue weighted by molar-refractivity contribution is 6.17. The quantitative estimate of drug-likeness (QED) is 0.714. The minimum atomic E-state index is 0.0962. The lowest BCUT2D eigenvalue weighted by Gasteiger charge is -2.17. The number of alkyl halides is 1. The molecule has 15 heavy (non-hydrogen) atoms. The van der Waals surface area contributed by atoms with Crippen molar-refractivity contribution in [2.75, 3.05) is 12.5 Å². The van der Waals surface area contributed by atoms with Crippen molar-refractivity contribution in [2.24, 2.45) is 0 Å². The van der Waals surface area contributed by atoms with Crippen LogP contribution in [0.1, 0.15) is 39.0 Å². The molecule has 1 amide bonds. The molecule has 0 bridgehead atoms. The fourth-order valence-corrected chi connectivity index (χ4v) is 2.07. The lowest BCUT2D eigenvalue weighted by molar-refractivity contribution is -0.124. The van der Waals surface area contributed by atoms with Gasteiger partial charge in [0.1, 0.15) is 0 Å². The SMILES string of the molecule is CCC(CCCl)NC(=O)CC1CCCO1. The molecule has 4 heteroatoms. The largest absolute Gasteiger partial charge is 0.378 e. The zero-order valence-corrected chi connectivity index (χ0v) is 10.1. The summed E-state index contributed by atoms with van der Waals surface area (Å²) in [5.74, 6) is 0.692. The van der Waals surface area contributed by atoms with E-state index in [0.717, 1.165) is 32.3 Å². The van der Waals surface area contributed by atoms with Crippen molar-refractivity contribution in [2.45, 2.75) is 51.2 Å². The van der Waals surface area contributed by atoms with E-state index in [9.17, 15) is 4.79 Å². The van der Waals surface area contributed by atoms with Crippen LogP contribution in [0.4, 0.5) is 0 Å². The molecular formula is C11H20ClNO2. The van der Waals surface area contributed by atoms with E-state index >= 15 is 0 Å². The third-order valence-corrected chi connectivity index (χ3v) is 2.97. The molecule has 0 aromatic heterocycles. The van der Waals surface area contributed by atoms with Gasteiger partial charge in [-0.25, -0.2) is 0 Å². The molecule has 0 saturated carbocycles. The van der Waals surface area contributed by atoms with E-state index in [1.165, 1.54) is 0 Å². The van der Waals surface area contributed by atoms with Gasteiger partial charge in [-0.05, 0) is 25.7 Å². The lowest BCUT2D eigenvalue weighted by Crippen LogP contribution is -2.36. The average molecular weight is 234 g/mol. The summed E-state index contributed by atoms with van der Waals surface area (Å²) in [6.07, 6.45) is 4.51. The van der Waals surface area contributed by atoms with Gasteiger partial charge in [0, 0.05) is 18.5 Å². The first kappa shape index (κ1) is 12.8. The highest BCUT2D eigenvalue weighted by Gasteiger charge is 2.20. The van der Waals surface area contributed by atoms with Gasteiger partial charge in [-0.1, -0.05) is 6.92 Å². The molecule has 1 aliphatic heterocycles. The summed E-state index contributed by atoms with van der Waals surface area (Å²) in [4.78, 5) is 11.6. The number of hydrogen-bond donors (Lipinski definition) is 1. The van der Waals surface area contributed by atoms with Gasteiger partial charge in [0.05, 0.1) is 12.5 Å². The second-order valence-electron chi connectivity index (χ2n) is 3.99. The summed E-state index contributed by atoms with van der Waals surface area (Å²) in [5, 5.41) is 2.99. The molecule has 0 spiro atoms. The molecular weight excluding hydrogens is 214 g/mol. The molecule has 0 aromatic carbocycles. The summed E-state index contributed by atoms with van der Waals surface area (Å²) in [6, 6.07) is 0.219. The average Bonchev–Trinajstić information content (AvgIpc) is 2.69. The minimum absolute atomic E-state index is 0.0962. The van der Waals surface area contributed by atoms with Crippen molar-refractivity contribution in [1.82, 2.24) is 5.32 Å². The zero-order chi connectivity index (χ0) is 11.1. The van der Waals surface area contributed by atoms with Crippen molar-refractivity contribution in [3.63, 3.8) is 0 Å². The van der Waals surface area contributed by atoms with Gasteiger partial charge in [-0.2, -0.15) is 0 Å². The Morgan fingerprint density at radius 3 is 3.00 bits per heavy atom. The van der Waals surface area contributed by atoms with Gasteiger partial charge in [0.25, 0.3) is 0 Å². The van der Waals surface area contributed by atoms with Gasteiger partial charge in [-0.15, -0.1) is 11.6 Å². The summed E-state index contributed by atoms with van der Waals surface area (Å²) in [6.45, 7) is 2.86. The topological polar surface area (TPSA) is 38.3 Å². The molecule has 1 fully saturated rings. The first-order valence-electron chi connectivity index (χ1n) is 5.73. The predicted molar refractivity (Wildman–Crippen MR) is 61.1 cm³/mol. The smallest absolute Gasteiger partial charge is 0.222 e. The Kier molecular flexibility index (Phi) is 6.03. The number of rotatable bonds is 6. The fourth-order valence-electron chi connectivity index (χ4n) is 1.81. The Hall–Kier alpha value is -0.280. The molecule has 1 saturated heterocycles. The number of carbonyl (C=O) groups is 1. The van der Waals surface area contributed by atoms with Crippen molar-refractivity contribution in [3.8, 4) is 0 Å². The second-order valence-corrected chi connectivity index (χ2v) is 4.37. The van der Waals surface area contributed by atoms with Crippen LogP contribution in [0, 0.1) is 0 Å². The third kappa shape index (κ3) is 4.85. The van der Waals surface area contributed by atoms with E-state index < -0.39 is 0 Å². The van der Waals surface area contributed by atoms with Crippen molar-refractivity contribution < 1.29 is 9.53 Å². The van der Waals surface area contributed by atoms with E-state index in [1.54, 1.807) is 0 Å². The second kappa shape index (κ2) is 7.07. The highest BCUT2D eigenvalue weighted by Crippen LogP contribution is 2.15. The van der Waals surface area contributed by atoms with Crippen LogP contribution in [0.15, 0.2) is 0 Å². The first-order valence-corrected chi connectivity index (χ1v) is 6.26. The van der Waals surface area contributed by atoms with Gasteiger partial charge in [0.2, 0.25) is 5.91 Å². The fraction of sp³-hybridized carbons (Fsp3) is 0.909. The molecule has 0 radical (unpaired) electrons. The molecule has 3 nitrogen and oxygen atoms in total. The highest BCUT2D eigenvalue weighted by atomic mass is 35.5.